The summed E-state index contributed by atoms with van der Waals surface area (Å²) in [5.74, 6) is 0.587. The molecule has 0 fully saturated rings. The zero-order valence-corrected chi connectivity index (χ0v) is 15.3. The van der Waals surface area contributed by atoms with E-state index in [0.717, 1.165) is 22.3 Å². The molecule has 0 radical (unpaired) electrons. The fraction of sp³-hybridized carbons (Fsp3) is 0.222. The number of aryl methyl sites for hydroxylation is 1. The van der Waals surface area contributed by atoms with Crippen molar-refractivity contribution in [3.8, 4) is 0 Å². The first-order chi connectivity index (χ1) is 12.0. The van der Waals surface area contributed by atoms with Gasteiger partial charge >= 0.3 is 6.02 Å². The monoisotopic (exact) mass is 377 g/mol. The molecule has 0 saturated carbocycles. The van der Waals surface area contributed by atoms with Gasteiger partial charge in [-0.3, -0.25) is 0 Å². The molecule has 0 amide bonds. The highest BCUT2D eigenvalue weighted by molar-refractivity contribution is 6.32. The molecule has 2 aromatic rings. The Hall–Kier alpha value is -2.08. The van der Waals surface area contributed by atoms with Crippen molar-refractivity contribution in [1.82, 2.24) is 5.32 Å². The van der Waals surface area contributed by atoms with E-state index >= 15 is 0 Å². The number of aliphatic hydroxyl groups is 1. The molecule has 0 aliphatic carbocycles. The number of methoxy groups -OCH3 is 1. The van der Waals surface area contributed by atoms with Gasteiger partial charge in [-0.1, -0.05) is 41.4 Å². The van der Waals surface area contributed by atoms with Crippen LogP contribution >= 0.6 is 23.2 Å². The second-order valence-electron chi connectivity index (χ2n) is 5.60. The molecule has 1 heterocycles. The van der Waals surface area contributed by atoms with Crippen molar-refractivity contribution in [3.63, 3.8) is 0 Å². The van der Waals surface area contributed by atoms with Crippen LogP contribution in [0.5, 0.6) is 0 Å². The van der Waals surface area contributed by atoms with Gasteiger partial charge in [-0.05, 0) is 36.2 Å². The number of nitrogens with one attached hydrogen (secondary N) is 1. The largest absolute Gasteiger partial charge is 0.467 e. The summed E-state index contributed by atoms with van der Waals surface area (Å²) in [6, 6.07) is 11.2. The van der Waals surface area contributed by atoms with E-state index in [-0.39, 0.29) is 12.6 Å². The molecule has 2 N–H and O–H groups in total. The van der Waals surface area contributed by atoms with Crippen LogP contribution in [0.3, 0.4) is 0 Å². The maximum absolute atomic E-state index is 9.37. The molecule has 1 aliphatic rings. The Balaban J connectivity index is 2.00. The second kappa shape index (κ2) is 7.44. The van der Waals surface area contributed by atoms with Gasteiger partial charge in [0.2, 0.25) is 0 Å². The van der Waals surface area contributed by atoms with Gasteiger partial charge < -0.3 is 15.2 Å². The highest BCUT2D eigenvalue weighted by atomic mass is 35.5. The number of ether oxygens (including phenoxy) is 1. The summed E-state index contributed by atoms with van der Waals surface area (Å²) < 4.78 is 5.24. The lowest BCUT2D eigenvalue weighted by Crippen LogP contribution is -2.34. The lowest BCUT2D eigenvalue weighted by atomic mass is 10.1. The highest BCUT2D eigenvalue weighted by Crippen LogP contribution is 2.28. The first-order valence-electron chi connectivity index (χ1n) is 7.64. The molecule has 0 aromatic heterocycles. The van der Waals surface area contributed by atoms with Crippen LogP contribution in [0.25, 0.3) is 0 Å². The van der Waals surface area contributed by atoms with E-state index < -0.39 is 6.17 Å². The van der Waals surface area contributed by atoms with Crippen LogP contribution in [0, 0.1) is 6.92 Å². The van der Waals surface area contributed by atoms with Crippen molar-refractivity contribution in [2.24, 2.45) is 9.98 Å². The van der Waals surface area contributed by atoms with E-state index in [0.29, 0.717) is 15.9 Å². The Kier molecular flexibility index (Phi) is 5.27. The van der Waals surface area contributed by atoms with Crippen LogP contribution in [0.2, 0.25) is 10.0 Å². The lowest BCUT2D eigenvalue weighted by molar-refractivity contribution is 0.281. The Morgan fingerprint density at radius 1 is 1.16 bits per heavy atom. The fourth-order valence-corrected chi connectivity index (χ4v) is 2.87. The Labute approximate surface area is 156 Å². The van der Waals surface area contributed by atoms with Crippen LogP contribution in [0.4, 0.5) is 0 Å². The molecular weight excluding hydrogens is 361 g/mol. The van der Waals surface area contributed by atoms with Crippen molar-refractivity contribution >= 4 is 35.1 Å². The number of nitrogens with zero attached hydrogens (tertiary/aromatic N) is 2. The number of halogens is 2. The number of benzene rings is 2. The van der Waals surface area contributed by atoms with E-state index in [9.17, 15) is 5.11 Å². The van der Waals surface area contributed by atoms with Crippen molar-refractivity contribution in [2.45, 2.75) is 19.7 Å². The number of amidine groups is 2. The SMILES string of the molecule is COC1=NC(c2cc(CO)ccc2Cl)NC(c2ccc(C)c(Cl)c2)=N1. The van der Waals surface area contributed by atoms with Gasteiger partial charge in [0.1, 0.15) is 5.84 Å². The van der Waals surface area contributed by atoms with Gasteiger partial charge in [0.05, 0.1) is 13.7 Å². The average molecular weight is 378 g/mol. The number of aliphatic hydroxyl groups excluding tert-OH is 1. The topological polar surface area (TPSA) is 66.2 Å². The number of hydrogen-bond donors (Lipinski definition) is 2. The van der Waals surface area contributed by atoms with Gasteiger partial charge in [-0.2, -0.15) is 4.99 Å². The van der Waals surface area contributed by atoms with Gasteiger partial charge in [-0.25, -0.2) is 4.99 Å². The zero-order valence-electron chi connectivity index (χ0n) is 13.8. The molecule has 0 saturated heterocycles. The van der Waals surface area contributed by atoms with Crippen molar-refractivity contribution in [3.05, 3.63) is 68.7 Å². The molecule has 0 spiro atoms. The van der Waals surface area contributed by atoms with E-state index in [1.54, 1.807) is 12.1 Å². The van der Waals surface area contributed by atoms with Gasteiger partial charge in [-0.15, -0.1) is 0 Å². The zero-order chi connectivity index (χ0) is 18.0. The molecule has 0 bridgehead atoms. The first-order valence-corrected chi connectivity index (χ1v) is 8.40. The summed E-state index contributed by atoms with van der Waals surface area (Å²) in [6.45, 7) is 1.86. The summed E-state index contributed by atoms with van der Waals surface area (Å²) in [5, 5.41) is 13.8. The van der Waals surface area contributed by atoms with Crippen molar-refractivity contribution in [1.29, 1.82) is 0 Å². The van der Waals surface area contributed by atoms with Crippen LogP contribution in [-0.2, 0) is 11.3 Å². The average Bonchev–Trinajstić information content (AvgIpc) is 2.64. The standard InChI is InChI=1S/C18H17Cl2N3O2/c1-10-3-5-12(8-15(10)20)16-21-17(23-18(22-16)25-2)13-7-11(9-24)4-6-14(13)19/h3-8,17,24H,9H2,1-2H3,(H,21,22,23). The Bertz CT molecular complexity index is 865. The van der Waals surface area contributed by atoms with E-state index in [1.807, 2.05) is 31.2 Å². The minimum Gasteiger partial charge on any atom is -0.467 e. The third-order valence-corrected chi connectivity index (χ3v) is 4.64. The first kappa shape index (κ1) is 17.7. The molecule has 1 atom stereocenters. The lowest BCUT2D eigenvalue weighted by Gasteiger charge is -2.23. The summed E-state index contributed by atoms with van der Waals surface area (Å²) >= 11 is 12.6. The molecule has 7 heteroatoms. The van der Waals surface area contributed by atoms with E-state index in [4.69, 9.17) is 27.9 Å². The van der Waals surface area contributed by atoms with Crippen molar-refractivity contribution < 1.29 is 9.84 Å². The van der Waals surface area contributed by atoms with E-state index in [1.165, 1.54) is 7.11 Å². The molecule has 1 aliphatic heterocycles. The maximum atomic E-state index is 9.37. The number of hydrogen-bond acceptors (Lipinski definition) is 5. The normalized spacial score (nSPS) is 16.8. The van der Waals surface area contributed by atoms with Gasteiger partial charge in [0.15, 0.2) is 6.17 Å². The predicted molar refractivity (Wildman–Crippen MR) is 100 cm³/mol. The quantitative estimate of drug-likeness (QED) is 0.853. The van der Waals surface area contributed by atoms with Gasteiger partial charge in [0, 0.05) is 21.2 Å². The molecule has 3 rings (SSSR count). The van der Waals surface area contributed by atoms with E-state index in [2.05, 4.69) is 15.3 Å². The van der Waals surface area contributed by atoms with Crippen LogP contribution in [-0.4, -0.2) is 24.1 Å². The third kappa shape index (κ3) is 3.79. The minimum absolute atomic E-state index is 0.0771. The maximum Gasteiger partial charge on any atom is 0.315 e. The molecule has 2 aromatic carbocycles. The van der Waals surface area contributed by atoms with Gasteiger partial charge in [0.25, 0.3) is 0 Å². The van der Waals surface area contributed by atoms with Crippen LogP contribution in [0.15, 0.2) is 46.4 Å². The molecular formula is C18H17Cl2N3O2. The predicted octanol–water partition coefficient (Wildman–Crippen LogP) is 3.85. The smallest absolute Gasteiger partial charge is 0.315 e. The highest BCUT2D eigenvalue weighted by Gasteiger charge is 2.23. The molecule has 25 heavy (non-hydrogen) atoms. The third-order valence-electron chi connectivity index (χ3n) is 3.89. The summed E-state index contributed by atoms with van der Waals surface area (Å²) in [4.78, 5) is 8.79. The number of aliphatic imine (C=N–C) groups is 2. The number of rotatable bonds is 3. The summed E-state index contributed by atoms with van der Waals surface area (Å²) in [5.41, 5.74) is 3.28. The Morgan fingerprint density at radius 3 is 2.64 bits per heavy atom. The van der Waals surface area contributed by atoms with Crippen LogP contribution in [0.1, 0.15) is 28.4 Å². The second-order valence-corrected chi connectivity index (χ2v) is 6.42. The fourth-order valence-electron chi connectivity index (χ4n) is 2.46. The molecule has 1 unspecified atom stereocenters. The van der Waals surface area contributed by atoms with Crippen molar-refractivity contribution in [2.75, 3.05) is 7.11 Å². The summed E-state index contributed by atoms with van der Waals surface area (Å²) in [7, 11) is 1.51. The summed E-state index contributed by atoms with van der Waals surface area (Å²) in [6.07, 6.45) is -0.485. The Morgan fingerprint density at radius 2 is 1.96 bits per heavy atom. The van der Waals surface area contributed by atoms with Crippen LogP contribution < -0.4 is 5.32 Å². The molecule has 5 nitrogen and oxygen atoms in total. The minimum atomic E-state index is -0.485. The molecule has 130 valence electrons.